The molecule has 4 heterocycles. The molecule has 1 aromatic carbocycles. The zero-order valence-electron chi connectivity index (χ0n) is 20.7. The largest absolute Gasteiger partial charge is 0.375 e. The molecule has 4 aromatic heterocycles. The number of anilines is 1. The number of aryl methyl sites for hydroxylation is 4. The average Bonchev–Trinajstić information content (AvgIpc) is 3.43. The fraction of sp³-hybridized carbons (Fsp3) is 0.280. The Morgan fingerprint density at radius 1 is 1.08 bits per heavy atom. The maximum absolute atomic E-state index is 12.6. The molecular weight excluding hydrogens is 478 g/mol. The van der Waals surface area contributed by atoms with Crippen LogP contribution in [0.5, 0.6) is 0 Å². The maximum atomic E-state index is 12.6. The third-order valence-electron chi connectivity index (χ3n) is 6.06. The van der Waals surface area contributed by atoms with Crippen molar-refractivity contribution in [2.75, 3.05) is 5.32 Å². The minimum Gasteiger partial charge on any atom is -0.375 e. The predicted molar refractivity (Wildman–Crippen MR) is 139 cm³/mol. The highest BCUT2D eigenvalue weighted by Gasteiger charge is 2.16. The third kappa shape index (κ3) is 4.47. The number of hydrogen-bond donors (Lipinski definition) is 1. The van der Waals surface area contributed by atoms with Gasteiger partial charge < -0.3 is 9.88 Å². The topological polar surface area (TPSA) is 108 Å². The molecule has 0 saturated carbocycles. The first-order valence-corrected chi connectivity index (χ1v) is 11.9. The number of rotatable bonds is 6. The first-order valence-electron chi connectivity index (χ1n) is 11.5. The molecule has 0 saturated heterocycles. The van der Waals surface area contributed by atoms with Crippen LogP contribution < -0.4 is 10.9 Å². The van der Waals surface area contributed by atoms with Gasteiger partial charge in [-0.25, -0.2) is 19.6 Å². The van der Waals surface area contributed by atoms with Crippen LogP contribution in [-0.4, -0.2) is 39.1 Å². The maximum Gasteiger partial charge on any atom is 0.252 e. The van der Waals surface area contributed by atoms with E-state index in [0.717, 1.165) is 27.9 Å². The zero-order valence-corrected chi connectivity index (χ0v) is 21.4. The monoisotopic (exact) mass is 503 g/mol. The van der Waals surface area contributed by atoms with Gasteiger partial charge in [0.05, 0.1) is 34.2 Å². The minimum absolute atomic E-state index is 0.104. The second-order valence-electron chi connectivity index (χ2n) is 8.93. The number of benzene rings is 1. The first kappa shape index (κ1) is 23.7. The van der Waals surface area contributed by atoms with Crippen molar-refractivity contribution in [1.82, 2.24) is 39.1 Å². The number of halogens is 1. The average molecular weight is 504 g/mol. The van der Waals surface area contributed by atoms with E-state index in [4.69, 9.17) is 16.6 Å². The van der Waals surface area contributed by atoms with Gasteiger partial charge >= 0.3 is 0 Å². The summed E-state index contributed by atoms with van der Waals surface area (Å²) in [5.74, 6) is 1.12. The molecule has 0 aliphatic heterocycles. The van der Waals surface area contributed by atoms with Gasteiger partial charge in [-0.2, -0.15) is 10.2 Å². The molecule has 1 atom stereocenters. The van der Waals surface area contributed by atoms with Crippen molar-refractivity contribution in [3.8, 4) is 5.95 Å². The van der Waals surface area contributed by atoms with E-state index in [0.29, 0.717) is 34.6 Å². The van der Waals surface area contributed by atoms with Crippen LogP contribution >= 0.6 is 11.6 Å². The van der Waals surface area contributed by atoms with Crippen molar-refractivity contribution in [3.05, 3.63) is 86.7 Å². The van der Waals surface area contributed by atoms with Crippen molar-refractivity contribution in [2.45, 2.75) is 33.2 Å². The van der Waals surface area contributed by atoms with Crippen molar-refractivity contribution < 1.29 is 0 Å². The highest BCUT2D eigenvalue weighted by atomic mass is 35.5. The molecule has 0 aliphatic carbocycles. The SMILES string of the molecule is Cc1cc(C)n(-c2ncc(Cl)c(Cc3ccc4c(c3)c(NC(C)c3ncn(C)n3)cc(=O)n4C)n2)n1. The summed E-state index contributed by atoms with van der Waals surface area (Å²) in [4.78, 5) is 26.0. The molecule has 184 valence electrons. The van der Waals surface area contributed by atoms with Crippen molar-refractivity contribution in [3.63, 3.8) is 0 Å². The molecule has 5 aromatic rings. The molecule has 0 amide bonds. The van der Waals surface area contributed by atoms with Gasteiger partial charge in [0.15, 0.2) is 5.82 Å². The van der Waals surface area contributed by atoms with Crippen molar-refractivity contribution in [2.24, 2.45) is 14.1 Å². The Bertz CT molecular complexity index is 1650. The van der Waals surface area contributed by atoms with E-state index in [2.05, 4.69) is 31.5 Å². The Morgan fingerprint density at radius 3 is 2.58 bits per heavy atom. The van der Waals surface area contributed by atoms with Gasteiger partial charge in [-0.3, -0.25) is 9.48 Å². The molecular formula is C25H26ClN9O. The lowest BCUT2D eigenvalue weighted by Crippen LogP contribution is -2.19. The molecule has 0 bridgehead atoms. The van der Waals surface area contributed by atoms with Gasteiger partial charge in [0, 0.05) is 43.4 Å². The fourth-order valence-corrected chi connectivity index (χ4v) is 4.39. The molecule has 0 radical (unpaired) electrons. The van der Waals surface area contributed by atoms with Crippen LogP contribution in [0.1, 0.15) is 41.4 Å². The number of aromatic nitrogens is 8. The normalized spacial score (nSPS) is 12.3. The van der Waals surface area contributed by atoms with Crippen LogP contribution in [-0.2, 0) is 20.5 Å². The Labute approximate surface area is 212 Å². The molecule has 0 aliphatic rings. The van der Waals surface area contributed by atoms with Gasteiger partial charge in [0.1, 0.15) is 6.33 Å². The summed E-state index contributed by atoms with van der Waals surface area (Å²) in [6.45, 7) is 5.85. The van der Waals surface area contributed by atoms with Gasteiger partial charge in [-0.15, -0.1) is 0 Å². The Kier molecular flexibility index (Phi) is 6.05. The lowest BCUT2D eigenvalue weighted by Gasteiger charge is -2.17. The van der Waals surface area contributed by atoms with E-state index in [1.54, 1.807) is 39.6 Å². The summed E-state index contributed by atoms with van der Waals surface area (Å²) in [5.41, 5.74) is 4.94. The van der Waals surface area contributed by atoms with E-state index >= 15 is 0 Å². The third-order valence-corrected chi connectivity index (χ3v) is 6.38. The van der Waals surface area contributed by atoms with Crippen molar-refractivity contribution in [1.29, 1.82) is 0 Å². The smallest absolute Gasteiger partial charge is 0.252 e. The van der Waals surface area contributed by atoms with Gasteiger partial charge in [-0.1, -0.05) is 17.7 Å². The predicted octanol–water partition coefficient (Wildman–Crippen LogP) is 3.68. The zero-order chi connectivity index (χ0) is 25.6. The second-order valence-corrected chi connectivity index (χ2v) is 9.34. The van der Waals surface area contributed by atoms with E-state index < -0.39 is 0 Å². The van der Waals surface area contributed by atoms with Gasteiger partial charge in [0.25, 0.3) is 11.5 Å². The summed E-state index contributed by atoms with van der Waals surface area (Å²) in [6, 6.07) is 9.36. The second kappa shape index (κ2) is 9.19. The van der Waals surface area contributed by atoms with E-state index in [1.165, 1.54) is 0 Å². The van der Waals surface area contributed by atoms with Crippen LogP contribution in [0.25, 0.3) is 16.9 Å². The van der Waals surface area contributed by atoms with E-state index in [9.17, 15) is 4.79 Å². The molecule has 5 rings (SSSR count). The summed E-state index contributed by atoms with van der Waals surface area (Å²) in [7, 11) is 3.58. The van der Waals surface area contributed by atoms with Crippen LogP contribution in [0.3, 0.4) is 0 Å². The van der Waals surface area contributed by atoms with Gasteiger partial charge in [0.2, 0.25) is 0 Å². The Morgan fingerprint density at radius 2 is 1.89 bits per heavy atom. The molecule has 36 heavy (non-hydrogen) atoms. The Balaban J connectivity index is 1.52. The number of nitrogens with one attached hydrogen (secondary N) is 1. The molecule has 0 fully saturated rings. The lowest BCUT2D eigenvalue weighted by molar-refractivity contribution is 0.715. The summed E-state index contributed by atoms with van der Waals surface area (Å²) < 4.78 is 4.99. The molecule has 10 nitrogen and oxygen atoms in total. The summed E-state index contributed by atoms with van der Waals surface area (Å²) in [5, 5.41) is 13.6. The highest BCUT2D eigenvalue weighted by Crippen LogP contribution is 2.27. The van der Waals surface area contributed by atoms with E-state index in [1.807, 2.05) is 46.0 Å². The first-order chi connectivity index (χ1) is 17.2. The number of hydrogen-bond acceptors (Lipinski definition) is 7. The van der Waals surface area contributed by atoms with Crippen molar-refractivity contribution >= 4 is 28.2 Å². The van der Waals surface area contributed by atoms with E-state index in [-0.39, 0.29) is 11.6 Å². The van der Waals surface area contributed by atoms with Crippen LogP contribution in [0, 0.1) is 13.8 Å². The minimum atomic E-state index is -0.190. The standard InChI is InChI=1S/C25H26ClN9O/c1-14-8-15(2)35(31-14)25-27-12-19(26)21(30-25)10-17-6-7-22-18(9-17)20(11-23(36)34(22)5)29-16(3)24-28-13-33(4)32-24/h6-9,11-13,16,29H,10H2,1-5H3. The molecule has 1 N–H and O–H groups in total. The number of nitrogens with zero attached hydrogens (tertiary/aromatic N) is 8. The number of fused-ring (bicyclic) bond motifs is 1. The lowest BCUT2D eigenvalue weighted by atomic mass is 10.0. The number of pyridine rings is 1. The summed E-state index contributed by atoms with van der Waals surface area (Å²) in [6.07, 6.45) is 3.75. The Hall–Kier alpha value is -4.05. The van der Waals surface area contributed by atoms with Crippen LogP contribution in [0.4, 0.5) is 5.69 Å². The molecule has 1 unspecified atom stereocenters. The highest BCUT2D eigenvalue weighted by molar-refractivity contribution is 6.31. The van der Waals surface area contributed by atoms with Crippen LogP contribution in [0.15, 0.2) is 47.7 Å². The fourth-order valence-electron chi connectivity index (χ4n) is 4.23. The quantitative estimate of drug-likeness (QED) is 0.376. The van der Waals surface area contributed by atoms with Gasteiger partial charge in [-0.05, 0) is 44.5 Å². The van der Waals surface area contributed by atoms with Crippen LogP contribution in [0.2, 0.25) is 5.02 Å². The molecule has 0 spiro atoms. The summed E-state index contributed by atoms with van der Waals surface area (Å²) >= 11 is 6.48. The molecule has 11 heteroatoms.